The minimum absolute atomic E-state index is 0.0214. The van der Waals surface area contributed by atoms with E-state index in [1.54, 1.807) is 13.8 Å². The van der Waals surface area contributed by atoms with Crippen LogP contribution in [0.15, 0.2) is 5.16 Å². The second-order valence-electron chi connectivity index (χ2n) is 2.37. The molecule has 0 amide bonds. The SMILES string of the molecule is CC(=O)O/N=C(\C=O)C(C)C. The lowest BCUT2D eigenvalue weighted by Gasteiger charge is -1.99. The smallest absolute Gasteiger partial charge is 0.318 e. The van der Waals surface area contributed by atoms with Crippen LogP contribution >= 0.6 is 0 Å². The molecule has 0 rings (SSSR count). The van der Waals surface area contributed by atoms with Gasteiger partial charge in [0.25, 0.3) is 0 Å². The Labute approximate surface area is 65.2 Å². The summed E-state index contributed by atoms with van der Waals surface area (Å²) in [5.74, 6) is -0.545. The first-order valence-corrected chi connectivity index (χ1v) is 3.28. The van der Waals surface area contributed by atoms with E-state index in [0.29, 0.717) is 6.29 Å². The van der Waals surface area contributed by atoms with Crippen molar-refractivity contribution in [2.45, 2.75) is 20.8 Å². The average molecular weight is 157 g/mol. The molecule has 0 saturated carbocycles. The maximum Gasteiger partial charge on any atom is 0.331 e. The van der Waals surface area contributed by atoms with Crippen molar-refractivity contribution in [1.82, 2.24) is 0 Å². The number of carbonyl (C=O) groups is 2. The van der Waals surface area contributed by atoms with Gasteiger partial charge >= 0.3 is 5.97 Å². The maximum absolute atomic E-state index is 10.2. The molecule has 0 fully saturated rings. The zero-order chi connectivity index (χ0) is 8.85. The third-order valence-electron chi connectivity index (χ3n) is 0.992. The minimum Gasteiger partial charge on any atom is -0.318 e. The molecule has 0 aliphatic carbocycles. The van der Waals surface area contributed by atoms with Crippen molar-refractivity contribution in [3.05, 3.63) is 0 Å². The van der Waals surface area contributed by atoms with E-state index >= 15 is 0 Å². The van der Waals surface area contributed by atoms with E-state index in [1.165, 1.54) is 6.92 Å². The molecule has 0 bridgehead atoms. The predicted octanol–water partition coefficient (Wildman–Crippen LogP) is 0.760. The molecule has 4 heteroatoms. The molecule has 11 heavy (non-hydrogen) atoms. The summed E-state index contributed by atoms with van der Waals surface area (Å²) >= 11 is 0. The minimum atomic E-state index is -0.523. The molecule has 62 valence electrons. The van der Waals surface area contributed by atoms with Crippen molar-refractivity contribution in [1.29, 1.82) is 0 Å². The molecule has 0 spiro atoms. The summed E-state index contributed by atoms with van der Waals surface area (Å²) in [6.07, 6.45) is 0.577. The molecular formula is C7H11NO3. The largest absolute Gasteiger partial charge is 0.331 e. The van der Waals surface area contributed by atoms with Crippen LogP contribution in [0.1, 0.15) is 20.8 Å². The Kier molecular flexibility index (Phi) is 4.10. The second-order valence-corrected chi connectivity index (χ2v) is 2.37. The molecule has 0 aliphatic rings. The third-order valence-corrected chi connectivity index (χ3v) is 0.992. The molecule has 0 aliphatic heterocycles. The van der Waals surface area contributed by atoms with Gasteiger partial charge in [-0.2, -0.15) is 0 Å². The van der Waals surface area contributed by atoms with E-state index in [1.807, 2.05) is 0 Å². The van der Waals surface area contributed by atoms with Crippen LogP contribution in [0.4, 0.5) is 0 Å². The molecule has 0 N–H and O–H groups in total. The Morgan fingerprint density at radius 2 is 2.09 bits per heavy atom. The summed E-state index contributed by atoms with van der Waals surface area (Å²) in [6.45, 7) is 4.81. The fourth-order valence-electron chi connectivity index (χ4n) is 0.380. The van der Waals surface area contributed by atoms with Crippen molar-refractivity contribution < 1.29 is 14.4 Å². The van der Waals surface area contributed by atoms with Gasteiger partial charge in [0, 0.05) is 12.8 Å². The standard InChI is InChI=1S/C7H11NO3/c1-5(2)7(4-9)8-11-6(3)10/h4-5H,1-3H3/b8-7+. The Morgan fingerprint density at radius 3 is 2.36 bits per heavy atom. The van der Waals surface area contributed by atoms with E-state index in [9.17, 15) is 9.59 Å². The zero-order valence-corrected chi connectivity index (χ0v) is 6.83. The van der Waals surface area contributed by atoms with Crippen molar-refractivity contribution in [3.8, 4) is 0 Å². The highest BCUT2D eigenvalue weighted by Crippen LogP contribution is 1.95. The summed E-state index contributed by atoms with van der Waals surface area (Å²) in [7, 11) is 0. The number of aldehydes is 1. The van der Waals surface area contributed by atoms with Gasteiger partial charge in [0.1, 0.15) is 5.71 Å². The number of rotatable bonds is 3. The highest BCUT2D eigenvalue weighted by molar-refractivity contribution is 6.28. The monoisotopic (exact) mass is 157 g/mol. The molecule has 0 saturated heterocycles. The molecule has 0 radical (unpaired) electrons. The van der Waals surface area contributed by atoms with Crippen molar-refractivity contribution in [2.24, 2.45) is 11.1 Å². The van der Waals surface area contributed by atoms with Gasteiger partial charge in [0.2, 0.25) is 0 Å². The third kappa shape index (κ3) is 4.25. The normalized spacial score (nSPS) is 11.5. The van der Waals surface area contributed by atoms with Gasteiger partial charge in [-0.1, -0.05) is 19.0 Å². The van der Waals surface area contributed by atoms with Crippen LogP contribution in [0.2, 0.25) is 0 Å². The Balaban J connectivity index is 4.12. The number of nitrogens with zero attached hydrogens (tertiary/aromatic N) is 1. The second kappa shape index (κ2) is 4.60. The van der Waals surface area contributed by atoms with Crippen molar-refractivity contribution in [3.63, 3.8) is 0 Å². The van der Waals surface area contributed by atoms with Crippen molar-refractivity contribution in [2.75, 3.05) is 0 Å². The van der Waals surface area contributed by atoms with Gasteiger partial charge in [-0.15, -0.1) is 0 Å². The van der Waals surface area contributed by atoms with Gasteiger partial charge in [-0.3, -0.25) is 4.79 Å². The van der Waals surface area contributed by atoms with Crippen LogP contribution in [0.5, 0.6) is 0 Å². The molecule has 0 aromatic heterocycles. The van der Waals surface area contributed by atoms with Crippen LogP contribution in [0, 0.1) is 5.92 Å². The van der Waals surface area contributed by atoms with Crippen LogP contribution < -0.4 is 0 Å². The van der Waals surface area contributed by atoms with Gasteiger partial charge < -0.3 is 4.84 Å². The number of hydrogen-bond donors (Lipinski definition) is 0. The van der Waals surface area contributed by atoms with Gasteiger partial charge in [-0.25, -0.2) is 4.79 Å². The van der Waals surface area contributed by atoms with Gasteiger partial charge in [-0.05, 0) is 0 Å². The molecular weight excluding hydrogens is 146 g/mol. The van der Waals surface area contributed by atoms with E-state index < -0.39 is 5.97 Å². The van der Waals surface area contributed by atoms with Crippen LogP contribution in [0.3, 0.4) is 0 Å². The summed E-state index contributed by atoms with van der Waals surface area (Å²) in [6, 6.07) is 0. The van der Waals surface area contributed by atoms with Crippen LogP contribution in [-0.4, -0.2) is 18.0 Å². The first kappa shape index (κ1) is 9.81. The summed E-state index contributed by atoms with van der Waals surface area (Å²) in [5.41, 5.74) is 0.236. The Hall–Kier alpha value is -1.19. The number of hydrogen-bond acceptors (Lipinski definition) is 4. The van der Waals surface area contributed by atoms with E-state index in [0.717, 1.165) is 0 Å². The quantitative estimate of drug-likeness (QED) is 0.263. The van der Waals surface area contributed by atoms with Crippen LogP contribution in [-0.2, 0) is 14.4 Å². The Bertz CT molecular complexity index is 184. The molecule has 0 atom stereocenters. The first-order valence-electron chi connectivity index (χ1n) is 3.28. The topological polar surface area (TPSA) is 55.7 Å². The lowest BCUT2D eigenvalue weighted by Crippen LogP contribution is -2.10. The van der Waals surface area contributed by atoms with Gasteiger partial charge in [0.05, 0.1) is 0 Å². The van der Waals surface area contributed by atoms with Gasteiger partial charge in [0.15, 0.2) is 6.29 Å². The molecule has 4 nitrogen and oxygen atoms in total. The van der Waals surface area contributed by atoms with E-state index in [-0.39, 0.29) is 11.6 Å². The summed E-state index contributed by atoms with van der Waals surface area (Å²) in [5, 5.41) is 3.34. The molecule has 0 unspecified atom stereocenters. The highest BCUT2D eigenvalue weighted by Gasteiger charge is 2.04. The number of oxime groups is 1. The zero-order valence-electron chi connectivity index (χ0n) is 6.83. The fraction of sp³-hybridized carbons (Fsp3) is 0.571. The Morgan fingerprint density at radius 1 is 1.55 bits per heavy atom. The fourth-order valence-corrected chi connectivity index (χ4v) is 0.380. The molecule has 0 aromatic carbocycles. The molecule has 0 aromatic rings. The predicted molar refractivity (Wildman–Crippen MR) is 40.1 cm³/mol. The maximum atomic E-state index is 10.2. The summed E-state index contributed by atoms with van der Waals surface area (Å²) in [4.78, 5) is 24.8. The highest BCUT2D eigenvalue weighted by atomic mass is 16.7. The van der Waals surface area contributed by atoms with Crippen molar-refractivity contribution >= 4 is 18.0 Å². The lowest BCUT2D eigenvalue weighted by molar-refractivity contribution is -0.140. The molecule has 0 heterocycles. The average Bonchev–Trinajstić information content (AvgIpc) is 1.87. The lowest BCUT2D eigenvalue weighted by atomic mass is 10.1. The van der Waals surface area contributed by atoms with Crippen LogP contribution in [0.25, 0.3) is 0 Å². The first-order chi connectivity index (χ1) is 5.07. The van der Waals surface area contributed by atoms with E-state index in [4.69, 9.17) is 0 Å². The summed E-state index contributed by atoms with van der Waals surface area (Å²) < 4.78 is 0. The van der Waals surface area contributed by atoms with E-state index in [2.05, 4.69) is 9.99 Å². The number of carbonyl (C=O) groups excluding carboxylic acids is 2.